The van der Waals surface area contributed by atoms with Gasteiger partial charge in [-0.1, -0.05) is 42.8 Å². The SMILES string of the molecule is C=CC12C3CCCC1C32c1ccccc1. The number of hydrogen-bond acceptors (Lipinski definition) is 0. The summed E-state index contributed by atoms with van der Waals surface area (Å²) < 4.78 is 0. The van der Waals surface area contributed by atoms with Crippen LogP contribution in [0.4, 0.5) is 0 Å². The molecule has 0 aliphatic heterocycles. The van der Waals surface area contributed by atoms with Crippen LogP contribution < -0.4 is 0 Å². The van der Waals surface area contributed by atoms with Crippen LogP contribution >= 0.6 is 0 Å². The summed E-state index contributed by atoms with van der Waals surface area (Å²) in [7, 11) is 0. The lowest BCUT2D eigenvalue weighted by Gasteiger charge is -2.27. The topological polar surface area (TPSA) is 0 Å². The van der Waals surface area contributed by atoms with Crippen molar-refractivity contribution in [1.29, 1.82) is 0 Å². The molecule has 0 heteroatoms. The fraction of sp³-hybridized carbons (Fsp3) is 0.467. The lowest BCUT2D eigenvalue weighted by Crippen LogP contribution is -2.20. The third kappa shape index (κ3) is 0.599. The highest BCUT2D eigenvalue weighted by Gasteiger charge is 2.96. The van der Waals surface area contributed by atoms with Crippen LogP contribution in [-0.4, -0.2) is 0 Å². The monoisotopic (exact) mass is 196 g/mol. The Morgan fingerprint density at radius 1 is 1.13 bits per heavy atom. The van der Waals surface area contributed by atoms with Gasteiger partial charge in [0.2, 0.25) is 0 Å². The summed E-state index contributed by atoms with van der Waals surface area (Å²) in [5.41, 5.74) is 2.67. The molecule has 0 nitrogen and oxygen atoms in total. The molecule has 3 saturated carbocycles. The van der Waals surface area contributed by atoms with Crippen molar-refractivity contribution >= 4 is 0 Å². The molecule has 3 fully saturated rings. The van der Waals surface area contributed by atoms with E-state index in [0.29, 0.717) is 10.8 Å². The molecular weight excluding hydrogens is 180 g/mol. The van der Waals surface area contributed by atoms with Gasteiger partial charge in [0.1, 0.15) is 0 Å². The van der Waals surface area contributed by atoms with Crippen LogP contribution in [0.5, 0.6) is 0 Å². The lowest BCUT2D eigenvalue weighted by atomic mass is 9.77. The van der Waals surface area contributed by atoms with E-state index in [0.717, 1.165) is 11.8 Å². The third-order valence-corrected chi connectivity index (χ3v) is 5.38. The molecular formula is C15H16. The molecule has 0 aromatic heterocycles. The van der Waals surface area contributed by atoms with Crippen LogP contribution in [0.1, 0.15) is 24.8 Å². The molecule has 0 radical (unpaired) electrons. The molecule has 0 spiro atoms. The molecule has 1 aromatic carbocycles. The van der Waals surface area contributed by atoms with Crippen molar-refractivity contribution in [3.8, 4) is 0 Å². The van der Waals surface area contributed by atoms with Gasteiger partial charge in [0.15, 0.2) is 0 Å². The van der Waals surface area contributed by atoms with E-state index in [9.17, 15) is 0 Å². The molecule has 3 aliphatic carbocycles. The van der Waals surface area contributed by atoms with Gasteiger partial charge >= 0.3 is 0 Å². The summed E-state index contributed by atoms with van der Waals surface area (Å²) in [4.78, 5) is 0. The summed E-state index contributed by atoms with van der Waals surface area (Å²) in [5, 5.41) is 0. The van der Waals surface area contributed by atoms with Crippen LogP contribution in [0.25, 0.3) is 0 Å². The van der Waals surface area contributed by atoms with Gasteiger partial charge in [-0.3, -0.25) is 0 Å². The minimum atomic E-state index is 0.534. The normalized spacial score (nSPS) is 49.3. The Labute approximate surface area is 91.0 Å². The molecule has 0 N–H and O–H groups in total. The zero-order valence-electron chi connectivity index (χ0n) is 8.95. The largest absolute Gasteiger partial charge is 0.102 e. The van der Waals surface area contributed by atoms with Gasteiger partial charge in [0.05, 0.1) is 0 Å². The smallest absolute Gasteiger partial charge is 0.0124 e. The van der Waals surface area contributed by atoms with Gasteiger partial charge in [-0.05, 0) is 30.2 Å². The van der Waals surface area contributed by atoms with Crippen molar-refractivity contribution in [2.75, 3.05) is 0 Å². The molecule has 0 amide bonds. The molecule has 0 heterocycles. The highest BCUT2D eigenvalue weighted by Crippen LogP contribution is 2.97. The maximum Gasteiger partial charge on any atom is 0.0124 e. The van der Waals surface area contributed by atoms with Crippen molar-refractivity contribution in [3.63, 3.8) is 0 Å². The van der Waals surface area contributed by atoms with Crippen LogP contribution in [0.2, 0.25) is 0 Å². The fourth-order valence-electron chi connectivity index (χ4n) is 4.92. The first kappa shape index (κ1) is 8.15. The predicted molar refractivity (Wildman–Crippen MR) is 61.6 cm³/mol. The number of fused-ring (bicyclic) bond motifs is 2. The van der Waals surface area contributed by atoms with Gasteiger partial charge in [-0.25, -0.2) is 0 Å². The quantitative estimate of drug-likeness (QED) is 0.635. The average Bonchev–Trinajstić information content (AvgIpc) is 3.16. The Bertz CT molecular complexity index is 417. The molecule has 4 rings (SSSR count). The number of allylic oxidation sites excluding steroid dienone is 1. The molecule has 2 atom stereocenters. The van der Waals surface area contributed by atoms with E-state index in [2.05, 4.69) is 43.0 Å². The highest BCUT2D eigenvalue weighted by atomic mass is 15.0. The number of hydrogen-bond donors (Lipinski definition) is 0. The molecule has 0 bridgehead atoms. The van der Waals surface area contributed by atoms with Gasteiger partial charge in [-0.2, -0.15) is 0 Å². The second-order valence-corrected chi connectivity index (χ2v) is 5.41. The summed E-state index contributed by atoms with van der Waals surface area (Å²) in [5.74, 6) is 1.87. The second kappa shape index (κ2) is 2.21. The van der Waals surface area contributed by atoms with E-state index in [-0.39, 0.29) is 0 Å². The zero-order valence-corrected chi connectivity index (χ0v) is 8.95. The average molecular weight is 196 g/mol. The Balaban J connectivity index is 1.84. The number of rotatable bonds is 2. The Morgan fingerprint density at radius 3 is 2.33 bits per heavy atom. The van der Waals surface area contributed by atoms with Crippen LogP contribution in [0.15, 0.2) is 43.0 Å². The Morgan fingerprint density at radius 2 is 1.80 bits per heavy atom. The van der Waals surface area contributed by atoms with Crippen molar-refractivity contribution < 1.29 is 0 Å². The minimum absolute atomic E-state index is 0.534. The first-order valence-corrected chi connectivity index (χ1v) is 6.08. The molecule has 1 aromatic rings. The fourth-order valence-corrected chi connectivity index (χ4v) is 4.92. The minimum Gasteiger partial charge on any atom is -0.102 e. The van der Waals surface area contributed by atoms with E-state index in [1.165, 1.54) is 19.3 Å². The van der Waals surface area contributed by atoms with Crippen molar-refractivity contribution in [2.24, 2.45) is 17.3 Å². The third-order valence-electron chi connectivity index (χ3n) is 5.38. The second-order valence-electron chi connectivity index (χ2n) is 5.41. The Kier molecular flexibility index (Phi) is 1.20. The highest BCUT2D eigenvalue weighted by molar-refractivity contribution is 5.61. The van der Waals surface area contributed by atoms with Crippen molar-refractivity contribution in [3.05, 3.63) is 48.6 Å². The number of benzene rings is 1. The molecule has 2 unspecified atom stereocenters. The summed E-state index contributed by atoms with van der Waals surface area (Å²) in [6, 6.07) is 11.1. The standard InChI is InChI=1S/C15H16/c1-2-14-12-9-6-10-13(14)15(12,14)11-7-4-3-5-8-11/h2-5,7-8,12-13H,1,6,9-10H2. The van der Waals surface area contributed by atoms with E-state index >= 15 is 0 Å². The molecule has 3 aliphatic rings. The Hall–Kier alpha value is -1.04. The maximum absolute atomic E-state index is 4.09. The van der Waals surface area contributed by atoms with Crippen LogP contribution in [0.3, 0.4) is 0 Å². The zero-order chi connectivity index (χ0) is 10.1. The van der Waals surface area contributed by atoms with Gasteiger partial charge < -0.3 is 0 Å². The molecule has 0 saturated heterocycles. The predicted octanol–water partition coefficient (Wildman–Crippen LogP) is 3.54. The summed E-state index contributed by atoms with van der Waals surface area (Å²) >= 11 is 0. The summed E-state index contributed by atoms with van der Waals surface area (Å²) in [6.07, 6.45) is 6.57. The lowest BCUT2D eigenvalue weighted by molar-refractivity contribution is 0.284. The van der Waals surface area contributed by atoms with Gasteiger partial charge in [0, 0.05) is 10.8 Å². The van der Waals surface area contributed by atoms with E-state index in [1.807, 2.05) is 0 Å². The van der Waals surface area contributed by atoms with Crippen molar-refractivity contribution in [1.82, 2.24) is 0 Å². The van der Waals surface area contributed by atoms with Crippen LogP contribution in [0, 0.1) is 17.3 Å². The first-order chi connectivity index (χ1) is 7.39. The van der Waals surface area contributed by atoms with E-state index in [4.69, 9.17) is 0 Å². The maximum atomic E-state index is 4.09. The van der Waals surface area contributed by atoms with Crippen LogP contribution in [-0.2, 0) is 5.41 Å². The van der Waals surface area contributed by atoms with E-state index in [1.54, 1.807) is 5.56 Å². The van der Waals surface area contributed by atoms with Gasteiger partial charge in [-0.15, -0.1) is 6.58 Å². The van der Waals surface area contributed by atoms with E-state index < -0.39 is 0 Å². The summed E-state index contributed by atoms with van der Waals surface area (Å²) in [6.45, 7) is 4.09. The first-order valence-electron chi connectivity index (χ1n) is 6.08. The molecule has 15 heavy (non-hydrogen) atoms. The van der Waals surface area contributed by atoms with Gasteiger partial charge in [0.25, 0.3) is 0 Å². The molecule has 76 valence electrons. The van der Waals surface area contributed by atoms with Crippen molar-refractivity contribution in [2.45, 2.75) is 24.7 Å².